The minimum atomic E-state index is -1.89. The molecule has 2 heterocycles. The molecule has 0 unspecified atom stereocenters. The van der Waals surface area contributed by atoms with E-state index in [2.05, 4.69) is 10.6 Å². The van der Waals surface area contributed by atoms with Crippen molar-refractivity contribution in [1.29, 1.82) is 0 Å². The van der Waals surface area contributed by atoms with Crippen molar-refractivity contribution in [1.82, 2.24) is 15.5 Å². The maximum absolute atomic E-state index is 12.5. The Bertz CT molecular complexity index is 1330. The van der Waals surface area contributed by atoms with Crippen molar-refractivity contribution < 1.29 is 72.9 Å². The molecule has 47 heavy (non-hydrogen) atoms. The van der Waals surface area contributed by atoms with Crippen LogP contribution in [0.1, 0.15) is 25.8 Å². The summed E-state index contributed by atoms with van der Waals surface area (Å²) in [6.45, 7) is 2.40. The third-order valence-electron chi connectivity index (χ3n) is 6.83. The highest BCUT2D eigenvalue weighted by Gasteiger charge is 2.48. The summed E-state index contributed by atoms with van der Waals surface area (Å²) >= 11 is 0. The Morgan fingerprint density at radius 2 is 1.70 bits per heavy atom. The van der Waals surface area contributed by atoms with Crippen LogP contribution in [0.4, 0.5) is 0 Å². The van der Waals surface area contributed by atoms with E-state index < -0.39 is 78.9 Å². The fourth-order valence-corrected chi connectivity index (χ4v) is 4.33. The molecule has 2 aliphatic rings. The van der Waals surface area contributed by atoms with Crippen LogP contribution in [-0.2, 0) is 49.6 Å². The average molecular weight is 668 g/mol. The Balaban J connectivity index is 1.47. The molecule has 0 aromatic heterocycles. The second-order valence-corrected chi connectivity index (χ2v) is 10.3. The number of carbonyl (C=O) groups is 6. The molecule has 1 aromatic rings. The third kappa shape index (κ3) is 10.4. The first kappa shape index (κ1) is 36.8. The zero-order chi connectivity index (χ0) is 34.7. The molecule has 18 heteroatoms. The number of carboxylic acids is 1. The van der Waals surface area contributed by atoms with Gasteiger partial charge in [-0.05, 0) is 18.6 Å². The van der Waals surface area contributed by atoms with Crippen LogP contribution in [0.5, 0.6) is 11.5 Å². The van der Waals surface area contributed by atoms with Crippen LogP contribution in [0.3, 0.4) is 0 Å². The highest BCUT2D eigenvalue weighted by atomic mass is 16.7. The van der Waals surface area contributed by atoms with Crippen LogP contribution < -0.4 is 20.1 Å². The number of benzene rings is 1. The summed E-state index contributed by atoms with van der Waals surface area (Å²) in [5, 5.41) is 44.5. The first-order chi connectivity index (χ1) is 22.3. The summed E-state index contributed by atoms with van der Waals surface area (Å²) in [5.41, 5.74) is 0.422. The van der Waals surface area contributed by atoms with E-state index in [1.165, 1.54) is 25.1 Å². The number of aliphatic hydroxyl groups is 3. The molecule has 1 fully saturated rings. The Morgan fingerprint density at radius 1 is 1.00 bits per heavy atom. The first-order valence-electron chi connectivity index (χ1n) is 14.5. The van der Waals surface area contributed by atoms with E-state index in [0.29, 0.717) is 5.56 Å². The number of carboxylic acid groups (broad SMARTS) is 1. The number of aliphatic hydroxyl groups excluding tert-OH is 3. The van der Waals surface area contributed by atoms with E-state index >= 15 is 0 Å². The second-order valence-electron chi connectivity index (χ2n) is 10.3. The summed E-state index contributed by atoms with van der Waals surface area (Å²) in [6, 6.07) is 3.34. The van der Waals surface area contributed by atoms with E-state index in [-0.39, 0.29) is 50.9 Å². The minimum absolute atomic E-state index is 0.0184. The molecule has 4 amide bonds. The Kier molecular flexibility index (Phi) is 13.6. The number of nitrogens with zero attached hydrogens (tertiary/aromatic N) is 1. The van der Waals surface area contributed by atoms with Crippen molar-refractivity contribution in [3.63, 3.8) is 0 Å². The first-order valence-corrected chi connectivity index (χ1v) is 14.5. The zero-order valence-corrected chi connectivity index (χ0v) is 25.5. The van der Waals surface area contributed by atoms with Crippen molar-refractivity contribution in [3.8, 4) is 11.5 Å². The van der Waals surface area contributed by atoms with Gasteiger partial charge in [-0.2, -0.15) is 0 Å². The molecule has 0 radical (unpaired) electrons. The fourth-order valence-electron chi connectivity index (χ4n) is 4.33. The molecule has 2 aliphatic heterocycles. The average Bonchev–Trinajstić information content (AvgIpc) is 3.34. The van der Waals surface area contributed by atoms with Crippen LogP contribution in [0.2, 0.25) is 0 Å². The predicted molar refractivity (Wildman–Crippen MR) is 154 cm³/mol. The van der Waals surface area contributed by atoms with Crippen molar-refractivity contribution in [3.05, 3.63) is 35.9 Å². The molecule has 258 valence electrons. The Labute approximate surface area is 268 Å². The zero-order valence-electron chi connectivity index (χ0n) is 25.5. The summed E-state index contributed by atoms with van der Waals surface area (Å²) in [6.07, 6.45) is -6.70. The molecule has 18 nitrogen and oxygen atoms in total. The van der Waals surface area contributed by atoms with E-state index in [0.717, 1.165) is 17.1 Å². The largest absolute Gasteiger partial charge is 0.491 e. The molecule has 0 aliphatic carbocycles. The lowest BCUT2D eigenvalue weighted by molar-refractivity contribution is -0.271. The summed E-state index contributed by atoms with van der Waals surface area (Å²) in [4.78, 5) is 71.4. The molecule has 0 spiro atoms. The van der Waals surface area contributed by atoms with E-state index in [1.807, 2.05) is 0 Å². The molecule has 3 rings (SSSR count). The third-order valence-corrected chi connectivity index (χ3v) is 6.83. The topological polar surface area (TPSA) is 257 Å². The maximum atomic E-state index is 12.5. The predicted octanol–water partition coefficient (Wildman–Crippen LogP) is -2.65. The second kappa shape index (κ2) is 17.3. The lowest BCUT2D eigenvalue weighted by Crippen LogP contribution is -2.61. The highest BCUT2D eigenvalue weighted by molar-refractivity contribution is 6.14. The summed E-state index contributed by atoms with van der Waals surface area (Å²) in [5.74, 6) is -4.31. The van der Waals surface area contributed by atoms with Gasteiger partial charge < -0.3 is 54.7 Å². The number of ether oxygens (including phenoxy) is 5. The monoisotopic (exact) mass is 667 g/mol. The van der Waals surface area contributed by atoms with Gasteiger partial charge >= 0.3 is 11.9 Å². The van der Waals surface area contributed by atoms with Crippen LogP contribution in [0.25, 0.3) is 0 Å². The number of aliphatic carboxylic acids is 1. The number of nitrogens with one attached hydrogen (secondary N) is 2. The number of hydrogen-bond acceptors (Lipinski definition) is 14. The van der Waals surface area contributed by atoms with Crippen LogP contribution in [-0.4, -0.2) is 131 Å². The summed E-state index contributed by atoms with van der Waals surface area (Å²) in [7, 11) is 0. The van der Waals surface area contributed by atoms with Gasteiger partial charge in [-0.1, -0.05) is 6.92 Å². The van der Waals surface area contributed by atoms with Gasteiger partial charge in [0, 0.05) is 37.3 Å². The minimum Gasteiger partial charge on any atom is -0.491 e. The van der Waals surface area contributed by atoms with Gasteiger partial charge in [0.15, 0.2) is 6.10 Å². The van der Waals surface area contributed by atoms with Gasteiger partial charge in [-0.3, -0.25) is 28.9 Å². The maximum Gasteiger partial charge on any atom is 0.335 e. The number of esters is 1. The molecule has 0 saturated carbocycles. The van der Waals surface area contributed by atoms with E-state index in [4.69, 9.17) is 23.7 Å². The number of amides is 4. The molecule has 0 bridgehead atoms. The van der Waals surface area contributed by atoms with Crippen molar-refractivity contribution in [2.75, 3.05) is 32.9 Å². The lowest BCUT2D eigenvalue weighted by atomic mass is 9.99. The smallest absolute Gasteiger partial charge is 0.335 e. The number of hydrogen-bond donors (Lipinski definition) is 6. The summed E-state index contributed by atoms with van der Waals surface area (Å²) < 4.78 is 26.9. The van der Waals surface area contributed by atoms with Crippen LogP contribution >= 0.6 is 0 Å². The van der Waals surface area contributed by atoms with E-state index in [9.17, 15) is 49.2 Å². The van der Waals surface area contributed by atoms with Gasteiger partial charge in [0.2, 0.25) is 18.1 Å². The SMILES string of the molecule is CC[C@H](NC(=O)CN1C(=O)C=CC1=O)C(=O)NCCOCCOc1cc(O[C@@H]2O[C@H](C(=O)O)[C@@H](O)[C@H](O)[C@H]2O)ccc1COC(C)=O. The normalized spacial score (nSPS) is 22.8. The number of rotatable bonds is 17. The molecule has 6 N–H and O–H groups in total. The Hall–Kier alpha value is -4.62. The standard InChI is InChI=1S/C29H37N3O15/c1-3-18(31-20(34)13-32-21(35)6-7-22(32)36)27(40)30-8-9-43-10-11-44-19-12-17(5-4-16(19)14-45-15(2)33)46-29-25(39)23(37)24(38)26(47-29)28(41)42/h4-7,12,18,23-26,29,37-39H,3,8-11,13-14H2,1-2H3,(H,30,40)(H,31,34)(H,41,42)/t18-,23-,24-,25+,26-,29+/m0/s1. The molecule has 6 atom stereocenters. The fraction of sp³-hybridized carbons (Fsp3) is 0.517. The molecule has 1 saturated heterocycles. The van der Waals surface area contributed by atoms with Gasteiger partial charge in [-0.25, -0.2) is 4.79 Å². The lowest BCUT2D eigenvalue weighted by Gasteiger charge is -2.38. The Morgan fingerprint density at radius 3 is 2.34 bits per heavy atom. The van der Waals surface area contributed by atoms with Gasteiger partial charge in [0.1, 0.15) is 55.6 Å². The quantitative estimate of drug-likeness (QED) is 0.0564. The van der Waals surface area contributed by atoms with Gasteiger partial charge in [-0.15, -0.1) is 0 Å². The van der Waals surface area contributed by atoms with Gasteiger partial charge in [0.25, 0.3) is 11.8 Å². The number of imide groups is 1. The van der Waals surface area contributed by atoms with Crippen molar-refractivity contribution in [2.24, 2.45) is 0 Å². The van der Waals surface area contributed by atoms with E-state index in [1.54, 1.807) is 6.92 Å². The molecule has 1 aromatic carbocycles. The van der Waals surface area contributed by atoms with Crippen molar-refractivity contribution >= 4 is 35.6 Å². The number of carbonyl (C=O) groups excluding carboxylic acids is 5. The van der Waals surface area contributed by atoms with Crippen molar-refractivity contribution in [2.45, 2.75) is 63.6 Å². The molecular formula is C29H37N3O15. The van der Waals surface area contributed by atoms with Gasteiger partial charge in [0.05, 0.1) is 13.2 Å². The van der Waals surface area contributed by atoms with Crippen LogP contribution in [0.15, 0.2) is 30.4 Å². The van der Waals surface area contributed by atoms with Crippen LogP contribution in [0, 0.1) is 0 Å². The molecular weight excluding hydrogens is 630 g/mol. The highest BCUT2D eigenvalue weighted by Crippen LogP contribution is 2.29.